The molecular formula is C12H18O8. The second kappa shape index (κ2) is 6.04. The Kier molecular flexibility index (Phi) is 4.59. The first-order chi connectivity index (χ1) is 9.38. The lowest BCUT2D eigenvalue weighted by Gasteiger charge is -2.46. The molecule has 8 heteroatoms. The van der Waals surface area contributed by atoms with E-state index in [0.717, 1.165) is 0 Å². The van der Waals surface area contributed by atoms with Gasteiger partial charge in [-0.3, -0.25) is 9.59 Å². The summed E-state index contributed by atoms with van der Waals surface area (Å²) in [5.74, 6) is -1.18. The molecule has 2 heterocycles. The molecule has 0 aromatic heterocycles. The molecule has 0 aromatic rings. The Morgan fingerprint density at radius 1 is 1.10 bits per heavy atom. The summed E-state index contributed by atoms with van der Waals surface area (Å²) in [5.41, 5.74) is 0. The van der Waals surface area contributed by atoms with Crippen LogP contribution < -0.4 is 0 Å². The number of hydrogen-bond acceptors (Lipinski definition) is 8. The maximum absolute atomic E-state index is 11.2. The molecule has 8 nitrogen and oxygen atoms in total. The maximum Gasteiger partial charge on any atom is 0.303 e. The third-order valence-corrected chi connectivity index (χ3v) is 3.06. The van der Waals surface area contributed by atoms with Crippen LogP contribution in [0.2, 0.25) is 0 Å². The molecule has 2 fully saturated rings. The van der Waals surface area contributed by atoms with Crippen molar-refractivity contribution in [3.05, 3.63) is 0 Å². The number of carbonyl (C=O) groups is 2. The first-order valence-corrected chi connectivity index (χ1v) is 6.33. The summed E-state index contributed by atoms with van der Waals surface area (Å²) >= 11 is 0. The van der Waals surface area contributed by atoms with Gasteiger partial charge in [-0.2, -0.15) is 0 Å². The van der Waals surface area contributed by atoms with Crippen LogP contribution in [0, 0.1) is 0 Å². The normalized spacial score (nSPS) is 40.6. The first kappa shape index (κ1) is 15.2. The topological polar surface area (TPSA) is 101 Å². The highest BCUT2D eigenvalue weighted by Gasteiger charge is 2.52. The minimum absolute atomic E-state index is 0.188. The molecule has 1 N–H and O–H groups in total. The monoisotopic (exact) mass is 290 g/mol. The lowest BCUT2D eigenvalue weighted by molar-refractivity contribution is -0.350. The van der Waals surface area contributed by atoms with Gasteiger partial charge in [0.15, 0.2) is 24.8 Å². The van der Waals surface area contributed by atoms with Crippen molar-refractivity contribution in [2.75, 3.05) is 6.61 Å². The Labute approximate surface area is 115 Å². The third kappa shape index (κ3) is 3.26. The minimum Gasteiger partial charge on any atom is -0.455 e. The van der Waals surface area contributed by atoms with E-state index in [4.69, 9.17) is 23.7 Å². The van der Waals surface area contributed by atoms with Gasteiger partial charge in [0.1, 0.15) is 12.2 Å². The highest BCUT2D eigenvalue weighted by Crippen LogP contribution is 2.31. The lowest BCUT2D eigenvalue weighted by atomic mass is 9.97. The summed E-state index contributed by atoms with van der Waals surface area (Å²) in [4.78, 5) is 22.4. The number of esters is 2. The van der Waals surface area contributed by atoms with Crippen LogP contribution in [0.5, 0.6) is 0 Å². The van der Waals surface area contributed by atoms with Crippen LogP contribution in [0.25, 0.3) is 0 Å². The Morgan fingerprint density at radius 2 is 1.70 bits per heavy atom. The molecule has 0 spiro atoms. The van der Waals surface area contributed by atoms with Gasteiger partial charge in [0.25, 0.3) is 0 Å². The SMILES string of the molecule is CC(=O)O[C@@H]1[C@@H](OC(C)=O)[C@@H](O)O[C@@H]2CO[C@@H](C)O[C@@H]12. The Hall–Kier alpha value is -1.22. The molecule has 0 radical (unpaired) electrons. The molecule has 0 bridgehead atoms. The third-order valence-electron chi connectivity index (χ3n) is 3.06. The van der Waals surface area contributed by atoms with Gasteiger partial charge >= 0.3 is 11.9 Å². The molecule has 0 aliphatic carbocycles. The van der Waals surface area contributed by atoms with Crippen molar-refractivity contribution >= 4 is 11.9 Å². The average Bonchev–Trinajstić information content (AvgIpc) is 2.33. The van der Waals surface area contributed by atoms with E-state index in [0.29, 0.717) is 0 Å². The van der Waals surface area contributed by atoms with E-state index in [2.05, 4.69) is 0 Å². The smallest absolute Gasteiger partial charge is 0.303 e. The first-order valence-electron chi connectivity index (χ1n) is 6.33. The molecule has 2 aliphatic rings. The highest BCUT2D eigenvalue weighted by molar-refractivity contribution is 5.67. The summed E-state index contributed by atoms with van der Waals surface area (Å²) in [6.07, 6.45) is -5.27. The molecule has 114 valence electrons. The molecule has 0 unspecified atom stereocenters. The summed E-state index contributed by atoms with van der Waals surface area (Å²) in [5, 5.41) is 9.90. The fraction of sp³-hybridized carbons (Fsp3) is 0.833. The van der Waals surface area contributed by atoms with E-state index < -0.39 is 48.9 Å². The van der Waals surface area contributed by atoms with Gasteiger partial charge in [0.05, 0.1) is 6.61 Å². The van der Waals surface area contributed by atoms with Crippen LogP contribution in [-0.2, 0) is 33.3 Å². The quantitative estimate of drug-likeness (QED) is 0.668. The standard InChI is InChI=1S/C12H18O8/c1-5(13)17-10-9-8(4-16-7(3)19-9)20-12(15)11(10)18-6(2)14/h7-12,15H,4H2,1-3H3/t7-,8-,9-,10+,11-,12+/m1/s1. The molecule has 0 amide bonds. The zero-order valence-corrected chi connectivity index (χ0v) is 11.5. The van der Waals surface area contributed by atoms with E-state index in [-0.39, 0.29) is 6.61 Å². The van der Waals surface area contributed by atoms with Crippen molar-refractivity contribution in [1.82, 2.24) is 0 Å². The maximum atomic E-state index is 11.2. The second-order valence-electron chi connectivity index (χ2n) is 4.71. The second-order valence-corrected chi connectivity index (χ2v) is 4.71. The number of carbonyl (C=O) groups excluding carboxylic acids is 2. The van der Waals surface area contributed by atoms with Gasteiger partial charge in [-0.1, -0.05) is 0 Å². The van der Waals surface area contributed by atoms with Crippen LogP contribution in [0.15, 0.2) is 0 Å². The van der Waals surface area contributed by atoms with E-state index >= 15 is 0 Å². The fourth-order valence-electron chi connectivity index (χ4n) is 2.33. The predicted molar refractivity (Wildman–Crippen MR) is 62.3 cm³/mol. The average molecular weight is 290 g/mol. The molecule has 20 heavy (non-hydrogen) atoms. The van der Waals surface area contributed by atoms with E-state index in [1.807, 2.05) is 0 Å². The van der Waals surface area contributed by atoms with Crippen molar-refractivity contribution < 1.29 is 38.4 Å². The molecule has 2 aliphatic heterocycles. The largest absolute Gasteiger partial charge is 0.455 e. The van der Waals surface area contributed by atoms with Crippen LogP contribution in [0.3, 0.4) is 0 Å². The number of aliphatic hydroxyl groups excluding tert-OH is 1. The van der Waals surface area contributed by atoms with Gasteiger partial charge in [-0.15, -0.1) is 0 Å². The zero-order chi connectivity index (χ0) is 14.9. The van der Waals surface area contributed by atoms with Gasteiger partial charge in [-0.25, -0.2) is 0 Å². The van der Waals surface area contributed by atoms with Crippen molar-refractivity contribution in [2.24, 2.45) is 0 Å². The van der Waals surface area contributed by atoms with Crippen LogP contribution in [0.4, 0.5) is 0 Å². The van der Waals surface area contributed by atoms with Gasteiger partial charge in [0.2, 0.25) is 0 Å². The summed E-state index contributed by atoms with van der Waals surface area (Å²) in [6, 6.07) is 0. The number of fused-ring (bicyclic) bond motifs is 1. The van der Waals surface area contributed by atoms with Crippen LogP contribution >= 0.6 is 0 Å². The Balaban J connectivity index is 2.21. The van der Waals surface area contributed by atoms with Gasteiger partial charge in [0, 0.05) is 13.8 Å². The number of ether oxygens (including phenoxy) is 5. The van der Waals surface area contributed by atoms with Gasteiger partial charge in [-0.05, 0) is 6.92 Å². The van der Waals surface area contributed by atoms with E-state index in [1.165, 1.54) is 13.8 Å². The predicted octanol–water partition coefficient (Wildman–Crippen LogP) is -0.672. The molecule has 0 saturated carbocycles. The molecule has 6 atom stereocenters. The number of rotatable bonds is 2. The summed E-state index contributed by atoms with van der Waals surface area (Å²) in [6.45, 7) is 4.29. The van der Waals surface area contributed by atoms with Crippen molar-refractivity contribution in [3.8, 4) is 0 Å². The minimum atomic E-state index is -1.41. The lowest BCUT2D eigenvalue weighted by Crippen LogP contribution is -2.64. The Bertz CT molecular complexity index is 384. The summed E-state index contributed by atoms with van der Waals surface area (Å²) in [7, 11) is 0. The van der Waals surface area contributed by atoms with Crippen molar-refractivity contribution in [1.29, 1.82) is 0 Å². The summed E-state index contributed by atoms with van der Waals surface area (Å²) < 4.78 is 26.2. The zero-order valence-electron chi connectivity index (χ0n) is 11.5. The van der Waals surface area contributed by atoms with Crippen LogP contribution in [0.1, 0.15) is 20.8 Å². The van der Waals surface area contributed by atoms with Crippen molar-refractivity contribution in [3.63, 3.8) is 0 Å². The highest BCUT2D eigenvalue weighted by atomic mass is 16.7. The van der Waals surface area contributed by atoms with E-state index in [1.54, 1.807) is 6.92 Å². The molecular weight excluding hydrogens is 272 g/mol. The molecule has 2 saturated heterocycles. The van der Waals surface area contributed by atoms with Crippen LogP contribution in [-0.4, -0.2) is 60.6 Å². The molecule has 2 rings (SSSR count). The van der Waals surface area contributed by atoms with Crippen molar-refractivity contribution in [2.45, 2.75) is 57.8 Å². The number of aliphatic hydroxyl groups is 1. The fourth-order valence-corrected chi connectivity index (χ4v) is 2.33. The Morgan fingerprint density at radius 3 is 2.30 bits per heavy atom. The number of hydrogen-bond donors (Lipinski definition) is 1. The van der Waals surface area contributed by atoms with Gasteiger partial charge < -0.3 is 28.8 Å². The van der Waals surface area contributed by atoms with E-state index in [9.17, 15) is 14.7 Å². The molecule has 0 aromatic carbocycles.